The number of amides is 1. The van der Waals surface area contributed by atoms with Crippen LogP contribution in [0.1, 0.15) is 56.0 Å². The van der Waals surface area contributed by atoms with E-state index in [0.717, 1.165) is 30.6 Å². The number of aliphatic hydroxyl groups excluding tert-OH is 1. The Labute approximate surface area is 278 Å². The largest absolute Gasteiger partial charge is 0.497 e. The average Bonchev–Trinajstić information content (AvgIpc) is 3.50. The zero-order valence-corrected chi connectivity index (χ0v) is 29.1. The fourth-order valence-electron chi connectivity index (χ4n) is 5.60. The Morgan fingerprint density at radius 3 is 2.57 bits per heavy atom. The highest BCUT2D eigenvalue weighted by Gasteiger charge is 2.31. The molecule has 2 heterocycles. The smallest absolute Gasteiger partial charge is 0.280 e. The van der Waals surface area contributed by atoms with Crippen LogP contribution < -0.4 is 14.2 Å². The molecule has 1 aliphatic heterocycles. The van der Waals surface area contributed by atoms with Crippen molar-refractivity contribution >= 4 is 21.6 Å². The van der Waals surface area contributed by atoms with E-state index in [1.54, 1.807) is 42.7 Å². The van der Waals surface area contributed by atoms with Gasteiger partial charge >= 0.3 is 0 Å². The summed E-state index contributed by atoms with van der Waals surface area (Å²) in [6.07, 6.45) is 4.90. The normalized spacial score (nSPS) is 20.6. The molecule has 12 nitrogen and oxygen atoms in total. The summed E-state index contributed by atoms with van der Waals surface area (Å²) in [5.74, 6) is 0.696. The molecule has 3 aromatic rings. The van der Waals surface area contributed by atoms with Gasteiger partial charge in [-0.05, 0) is 76.1 Å². The summed E-state index contributed by atoms with van der Waals surface area (Å²) in [7, 11) is 1.38. The molecule has 0 saturated carbocycles. The van der Waals surface area contributed by atoms with E-state index in [0.29, 0.717) is 32.0 Å². The first kappa shape index (κ1) is 36.2. The summed E-state index contributed by atoms with van der Waals surface area (Å²) in [5.41, 5.74) is 1.55. The number of aryl methyl sites for hydroxylation is 1. The highest BCUT2D eigenvalue weighted by atomic mass is 32.2. The Balaban J connectivity index is 1.62. The molecule has 2 aromatic carbocycles. The van der Waals surface area contributed by atoms with Gasteiger partial charge in [-0.25, -0.2) is 4.98 Å². The number of rotatable bonds is 10. The number of aliphatic hydroxyl groups is 1. The predicted octanol–water partition coefficient (Wildman–Crippen LogP) is 4.16. The van der Waals surface area contributed by atoms with Gasteiger partial charge in [-0.15, -0.1) is 0 Å². The van der Waals surface area contributed by atoms with Crippen LogP contribution in [-0.2, 0) is 28.4 Å². The minimum Gasteiger partial charge on any atom is -0.497 e. The summed E-state index contributed by atoms with van der Waals surface area (Å²) in [4.78, 5) is 22.1. The number of aromatic nitrogens is 2. The monoisotopic (exact) mass is 671 g/mol. The topological polar surface area (TPSA) is 135 Å². The highest BCUT2D eigenvalue weighted by Crippen LogP contribution is 2.29. The number of likely N-dealkylation sites (N-methyl/N-ethyl adjacent to an activating group) is 1. The molecule has 0 aliphatic carbocycles. The van der Waals surface area contributed by atoms with E-state index in [4.69, 9.17) is 14.2 Å². The molecule has 4 atom stereocenters. The van der Waals surface area contributed by atoms with Gasteiger partial charge in [0.05, 0.1) is 43.9 Å². The first-order chi connectivity index (χ1) is 22.4. The van der Waals surface area contributed by atoms with E-state index in [-0.39, 0.29) is 46.9 Å². The fraction of sp³-hybridized carbons (Fsp3) is 0.529. The number of sulfonamides is 1. The molecule has 13 heteroatoms. The van der Waals surface area contributed by atoms with Gasteiger partial charge in [-0.1, -0.05) is 19.1 Å². The van der Waals surface area contributed by atoms with Crippen LogP contribution in [-0.4, -0.2) is 97.5 Å². The first-order valence-electron chi connectivity index (χ1n) is 16.1. The van der Waals surface area contributed by atoms with Gasteiger partial charge in [-0.2, -0.15) is 8.42 Å². The number of methoxy groups -OCH3 is 1. The molecule has 2 N–H and O–H groups in total. The third-order valence-electron chi connectivity index (χ3n) is 8.36. The van der Waals surface area contributed by atoms with Crippen LogP contribution >= 0.6 is 0 Å². The van der Waals surface area contributed by atoms with E-state index in [2.05, 4.69) is 21.5 Å². The summed E-state index contributed by atoms with van der Waals surface area (Å²) >= 11 is 0. The van der Waals surface area contributed by atoms with Crippen LogP contribution in [0.3, 0.4) is 0 Å². The number of ether oxygens (including phenoxy) is 3. The third-order valence-corrected chi connectivity index (χ3v) is 9.63. The van der Waals surface area contributed by atoms with Crippen molar-refractivity contribution in [2.24, 2.45) is 13.0 Å². The van der Waals surface area contributed by atoms with Crippen molar-refractivity contribution < 1.29 is 32.5 Å². The van der Waals surface area contributed by atoms with Crippen molar-refractivity contribution in [3.63, 3.8) is 0 Å². The maximum absolute atomic E-state index is 14.4. The van der Waals surface area contributed by atoms with Crippen molar-refractivity contribution in [3.8, 4) is 11.5 Å². The molecule has 258 valence electrons. The SMILES string of the molecule is COc1ccc(CN(C)C[C@H]2OCCCC[C@@H](C)Oc3ccc(NS(=O)(=O)c4cn(C)cn4)cc3C(=O)N([C@@H](C)CO)C[C@@H]2C)cc1. The lowest BCUT2D eigenvalue weighted by atomic mass is 10.0. The quantitative estimate of drug-likeness (QED) is 0.326. The van der Waals surface area contributed by atoms with Crippen LogP contribution in [0.5, 0.6) is 11.5 Å². The van der Waals surface area contributed by atoms with E-state index in [1.807, 2.05) is 38.2 Å². The number of hydrogen-bond donors (Lipinski definition) is 2. The van der Waals surface area contributed by atoms with Gasteiger partial charge in [0.2, 0.25) is 0 Å². The fourth-order valence-corrected chi connectivity index (χ4v) is 6.63. The number of nitrogens with one attached hydrogen (secondary N) is 1. The Hall–Kier alpha value is -3.65. The molecule has 1 aromatic heterocycles. The minimum atomic E-state index is -4.00. The van der Waals surface area contributed by atoms with E-state index < -0.39 is 16.1 Å². The van der Waals surface area contributed by atoms with Gasteiger partial charge in [0.1, 0.15) is 11.5 Å². The Bertz CT molecular complexity index is 1560. The number of carbonyl (C=O) groups excluding carboxylic acids is 1. The second kappa shape index (κ2) is 16.4. The molecule has 4 rings (SSSR count). The second-order valence-electron chi connectivity index (χ2n) is 12.5. The van der Waals surface area contributed by atoms with Crippen molar-refractivity contribution in [2.75, 3.05) is 45.2 Å². The van der Waals surface area contributed by atoms with Crippen LogP contribution in [0.25, 0.3) is 0 Å². The molecule has 0 spiro atoms. The lowest BCUT2D eigenvalue weighted by Crippen LogP contribution is -2.47. The Kier molecular flexibility index (Phi) is 12.7. The lowest BCUT2D eigenvalue weighted by Gasteiger charge is -2.36. The number of carbonyl (C=O) groups is 1. The number of nitrogens with zero attached hydrogens (tertiary/aromatic N) is 4. The number of benzene rings is 2. The minimum absolute atomic E-state index is 0.0941. The number of imidazole rings is 1. The van der Waals surface area contributed by atoms with Crippen molar-refractivity contribution in [3.05, 3.63) is 66.1 Å². The van der Waals surface area contributed by atoms with Crippen molar-refractivity contribution in [1.82, 2.24) is 19.4 Å². The molecule has 0 radical (unpaired) electrons. The lowest BCUT2D eigenvalue weighted by molar-refractivity contribution is -0.0177. The molecular formula is C34H49N5O7S. The molecule has 1 amide bonds. The predicted molar refractivity (Wildman–Crippen MR) is 180 cm³/mol. The Morgan fingerprint density at radius 1 is 1.17 bits per heavy atom. The number of hydrogen-bond acceptors (Lipinski definition) is 9. The van der Waals surface area contributed by atoms with Crippen LogP contribution in [0.4, 0.5) is 5.69 Å². The molecular weight excluding hydrogens is 622 g/mol. The zero-order chi connectivity index (χ0) is 34.1. The molecule has 1 aliphatic rings. The van der Waals surface area contributed by atoms with E-state index >= 15 is 0 Å². The maximum Gasteiger partial charge on any atom is 0.280 e. The van der Waals surface area contributed by atoms with E-state index in [9.17, 15) is 18.3 Å². The van der Waals surface area contributed by atoms with Gasteiger partial charge in [0.15, 0.2) is 5.03 Å². The summed E-state index contributed by atoms with van der Waals surface area (Å²) in [6, 6.07) is 12.2. The third kappa shape index (κ3) is 9.92. The van der Waals surface area contributed by atoms with Crippen LogP contribution in [0.15, 0.2) is 60.0 Å². The standard InChI is InChI=1S/C34H49N5O7S/c1-24-18-39(25(2)22-40)34(41)30-17-28(36-47(42,43)33-21-38(5)23-35-33)12-15-31(30)46-26(3)9-7-8-16-45-32(24)20-37(4)19-27-10-13-29(44-6)14-11-27/h10-15,17,21,23-26,32,36,40H,7-9,16,18-20,22H2,1-6H3/t24-,25-,26+,32+/m0/s1. The number of anilines is 1. The summed E-state index contributed by atoms with van der Waals surface area (Å²) in [6.45, 7) is 7.78. The molecule has 0 bridgehead atoms. The summed E-state index contributed by atoms with van der Waals surface area (Å²) < 4.78 is 48.2. The first-order valence-corrected chi connectivity index (χ1v) is 17.5. The molecule has 0 fully saturated rings. The van der Waals surface area contributed by atoms with Gasteiger partial charge in [-0.3, -0.25) is 14.4 Å². The highest BCUT2D eigenvalue weighted by molar-refractivity contribution is 7.92. The zero-order valence-electron chi connectivity index (χ0n) is 28.3. The second-order valence-corrected chi connectivity index (χ2v) is 14.2. The molecule has 0 unspecified atom stereocenters. The summed E-state index contributed by atoms with van der Waals surface area (Å²) in [5, 5.41) is 10.1. The van der Waals surface area contributed by atoms with Gasteiger partial charge in [0.25, 0.3) is 15.9 Å². The maximum atomic E-state index is 14.4. The average molecular weight is 672 g/mol. The van der Waals surface area contributed by atoms with Crippen LogP contribution in [0, 0.1) is 5.92 Å². The number of fused-ring (bicyclic) bond motifs is 1. The Morgan fingerprint density at radius 2 is 1.91 bits per heavy atom. The van der Waals surface area contributed by atoms with Crippen LogP contribution in [0.2, 0.25) is 0 Å². The van der Waals surface area contributed by atoms with Gasteiger partial charge < -0.3 is 28.8 Å². The van der Waals surface area contributed by atoms with Crippen molar-refractivity contribution in [1.29, 1.82) is 0 Å². The molecule has 47 heavy (non-hydrogen) atoms. The van der Waals surface area contributed by atoms with Gasteiger partial charge in [0, 0.05) is 51.1 Å². The van der Waals surface area contributed by atoms with Crippen molar-refractivity contribution in [2.45, 2.75) is 69.9 Å². The molecule has 0 saturated heterocycles. The van der Waals surface area contributed by atoms with E-state index in [1.165, 1.54) is 18.6 Å².